The van der Waals surface area contributed by atoms with Crippen LogP contribution in [0, 0.1) is 0 Å². The molecular formula is C24H36O16. The van der Waals surface area contributed by atoms with E-state index in [-0.39, 0.29) is 13.2 Å². The molecule has 12 atom stereocenters. The molecule has 0 spiro atoms. The first-order valence-electron chi connectivity index (χ1n) is 12.9. The summed E-state index contributed by atoms with van der Waals surface area (Å²) in [6, 6.07) is 0. The average molecular weight is 581 g/mol. The Hall–Kier alpha value is -1.99. The van der Waals surface area contributed by atoms with E-state index in [4.69, 9.17) is 57.2 Å². The van der Waals surface area contributed by atoms with Crippen LogP contribution in [0.1, 0.15) is 41.5 Å². The van der Waals surface area contributed by atoms with E-state index in [0.717, 1.165) is 0 Å². The molecule has 5 heterocycles. The fourth-order valence-corrected chi connectivity index (χ4v) is 5.10. The molecule has 0 saturated carbocycles. The zero-order valence-electron chi connectivity index (χ0n) is 23.0. The van der Waals surface area contributed by atoms with Gasteiger partial charge in [0.1, 0.15) is 37.1 Å². The quantitative estimate of drug-likeness (QED) is 0.269. The van der Waals surface area contributed by atoms with Gasteiger partial charge in [-0.3, -0.25) is 23.9 Å². The van der Waals surface area contributed by atoms with Crippen LogP contribution in [0.4, 0.5) is 0 Å². The number of rotatable bonds is 7. The zero-order chi connectivity index (χ0) is 29.4. The smallest absolute Gasteiger partial charge is 0.303 e. The molecule has 0 aromatic carbocycles. The molecule has 16 nitrogen and oxygen atoms in total. The molecule has 5 fully saturated rings. The topological polar surface area (TPSA) is 193 Å². The molecule has 2 N–H and O–H groups in total. The third kappa shape index (κ3) is 6.56. The Labute approximate surface area is 229 Å². The summed E-state index contributed by atoms with van der Waals surface area (Å²) in [5.41, 5.74) is 0. The number of carbonyl (C=O) groups is 3. The number of hydrogen-bond donors (Lipinski definition) is 2. The highest BCUT2D eigenvalue weighted by Gasteiger charge is 2.63. The Morgan fingerprint density at radius 1 is 0.775 bits per heavy atom. The van der Waals surface area contributed by atoms with Crippen molar-refractivity contribution in [3.63, 3.8) is 0 Å². The van der Waals surface area contributed by atoms with Crippen LogP contribution in [-0.4, -0.2) is 121 Å². The number of ether oxygens (including phenoxy) is 11. The van der Waals surface area contributed by atoms with E-state index in [1.807, 2.05) is 0 Å². The van der Waals surface area contributed by atoms with Gasteiger partial charge in [-0.15, -0.1) is 0 Å². The maximum Gasteiger partial charge on any atom is 0.303 e. The zero-order valence-corrected chi connectivity index (χ0v) is 23.0. The molecule has 0 aromatic rings. The number of fused-ring (bicyclic) bond motifs is 3. The lowest BCUT2D eigenvalue weighted by atomic mass is 9.98. The Morgan fingerprint density at radius 3 is 1.98 bits per heavy atom. The summed E-state index contributed by atoms with van der Waals surface area (Å²) in [6.07, 6.45) is -7.95. The Bertz CT molecular complexity index is 944. The second kappa shape index (κ2) is 12.1. The number of esters is 3. The maximum absolute atomic E-state index is 11.6. The van der Waals surface area contributed by atoms with E-state index in [1.165, 1.54) is 20.8 Å². The summed E-state index contributed by atoms with van der Waals surface area (Å²) in [7, 11) is 0. The minimum absolute atomic E-state index is 0.204. The second-order valence-corrected chi connectivity index (χ2v) is 9.85. The van der Waals surface area contributed by atoms with E-state index in [1.54, 1.807) is 20.8 Å². The number of aliphatic hydroxyl groups excluding tert-OH is 2. The van der Waals surface area contributed by atoms with Gasteiger partial charge in [-0.05, 0) is 6.92 Å². The van der Waals surface area contributed by atoms with Gasteiger partial charge in [-0.2, -0.15) is 0 Å². The minimum Gasteiger partial charge on any atom is -0.463 e. The number of aliphatic hydroxyl groups is 2. The summed E-state index contributed by atoms with van der Waals surface area (Å²) < 4.78 is 59.6. The van der Waals surface area contributed by atoms with Gasteiger partial charge in [0.05, 0.1) is 6.61 Å². The molecule has 16 heteroatoms. The standard InChI is InChI=1S/C16H24O10.C8H12O6/c1-6-21-16(5)25-14-13(23-10(4)19)12(22-9(3)18)11(7-20-8(2)17)24-15(14)26-16;1-8-12-5-3(2-9)11-7(14-8)6(13-8)4(5)10/h11-15H,6-7H2,1-5H3;3-7,9-10H,2H2,1H3/t11?,12-,13+,14?,15-,16?;3?,4-,5-,6?,7-,8?/m11/s1. The molecule has 5 rings (SSSR count). The fourth-order valence-electron chi connectivity index (χ4n) is 5.10. The lowest BCUT2D eigenvalue weighted by molar-refractivity contribution is -0.382. The molecule has 228 valence electrons. The maximum atomic E-state index is 11.6. The van der Waals surface area contributed by atoms with E-state index in [0.29, 0.717) is 6.61 Å². The predicted molar refractivity (Wildman–Crippen MR) is 123 cm³/mol. The third-order valence-corrected chi connectivity index (χ3v) is 6.56. The molecule has 0 aromatic heterocycles. The molecule has 3 bridgehead atoms. The largest absolute Gasteiger partial charge is 0.463 e. The van der Waals surface area contributed by atoms with Crippen LogP contribution in [0.5, 0.6) is 0 Å². The van der Waals surface area contributed by atoms with Crippen molar-refractivity contribution in [3.05, 3.63) is 0 Å². The van der Waals surface area contributed by atoms with Gasteiger partial charge >= 0.3 is 17.9 Å². The molecule has 6 unspecified atom stereocenters. The highest BCUT2D eigenvalue weighted by atomic mass is 17.0. The van der Waals surface area contributed by atoms with Crippen molar-refractivity contribution in [2.24, 2.45) is 0 Å². The van der Waals surface area contributed by atoms with Crippen LogP contribution in [0.15, 0.2) is 0 Å². The normalized spacial score (nSPS) is 44.7. The van der Waals surface area contributed by atoms with Crippen LogP contribution < -0.4 is 0 Å². The Balaban J connectivity index is 0.000000219. The molecule has 5 saturated heterocycles. The lowest BCUT2D eigenvalue weighted by Crippen LogP contribution is -2.61. The average Bonchev–Trinajstić information content (AvgIpc) is 3.28. The van der Waals surface area contributed by atoms with Gasteiger partial charge in [0.2, 0.25) is 0 Å². The highest BCUT2D eigenvalue weighted by Crippen LogP contribution is 2.44. The summed E-state index contributed by atoms with van der Waals surface area (Å²) >= 11 is 0. The van der Waals surface area contributed by atoms with Crippen LogP contribution in [0.25, 0.3) is 0 Å². The van der Waals surface area contributed by atoms with Crippen LogP contribution >= 0.6 is 0 Å². The predicted octanol–water partition coefficient (Wildman–Crippen LogP) is -1.18. The van der Waals surface area contributed by atoms with Crippen molar-refractivity contribution in [1.29, 1.82) is 0 Å². The fraction of sp³-hybridized carbons (Fsp3) is 0.875. The van der Waals surface area contributed by atoms with Gasteiger partial charge in [0, 0.05) is 41.2 Å². The van der Waals surface area contributed by atoms with E-state index in [9.17, 15) is 19.5 Å². The van der Waals surface area contributed by atoms with Crippen molar-refractivity contribution in [2.45, 2.75) is 115 Å². The number of carbonyl (C=O) groups excluding carboxylic acids is 3. The van der Waals surface area contributed by atoms with E-state index >= 15 is 0 Å². The lowest BCUT2D eigenvalue weighted by Gasteiger charge is -2.42. The number of hydrogen-bond acceptors (Lipinski definition) is 16. The second-order valence-electron chi connectivity index (χ2n) is 9.85. The molecule has 40 heavy (non-hydrogen) atoms. The van der Waals surface area contributed by atoms with Crippen molar-refractivity contribution in [2.75, 3.05) is 19.8 Å². The van der Waals surface area contributed by atoms with Crippen LogP contribution in [0.2, 0.25) is 0 Å². The molecular weight excluding hydrogens is 544 g/mol. The molecule has 0 aliphatic carbocycles. The van der Waals surface area contributed by atoms with Crippen molar-refractivity contribution in [1.82, 2.24) is 0 Å². The van der Waals surface area contributed by atoms with Crippen molar-refractivity contribution < 1.29 is 76.7 Å². The van der Waals surface area contributed by atoms with Gasteiger partial charge in [-0.1, -0.05) is 0 Å². The molecule has 5 aliphatic heterocycles. The van der Waals surface area contributed by atoms with E-state index in [2.05, 4.69) is 0 Å². The SMILES string of the molecule is CC12OC3[C@H](OC(CO)[C@@H](O1)[C@H]3O)O2.CCOC1(C)OC2[C@H](OC(COC(C)=O)[C@@H](OC(C)=O)[C@@H]2OC(C)=O)O1. The third-order valence-electron chi connectivity index (χ3n) is 6.56. The highest BCUT2D eigenvalue weighted by molar-refractivity contribution is 5.68. The van der Waals surface area contributed by atoms with Gasteiger partial charge in [-0.25, -0.2) is 0 Å². The Morgan fingerprint density at radius 2 is 1.38 bits per heavy atom. The van der Waals surface area contributed by atoms with Crippen molar-refractivity contribution in [3.8, 4) is 0 Å². The summed E-state index contributed by atoms with van der Waals surface area (Å²) in [6.45, 7) is 8.47. The summed E-state index contributed by atoms with van der Waals surface area (Å²) in [5, 5.41) is 18.8. The molecule has 0 radical (unpaired) electrons. The van der Waals surface area contributed by atoms with Crippen LogP contribution in [-0.2, 0) is 66.5 Å². The first-order chi connectivity index (χ1) is 18.8. The minimum atomic E-state index is -1.42. The van der Waals surface area contributed by atoms with Crippen molar-refractivity contribution >= 4 is 17.9 Å². The van der Waals surface area contributed by atoms with Gasteiger partial charge < -0.3 is 52.8 Å². The first kappa shape index (κ1) is 31.0. The first-order valence-corrected chi connectivity index (χ1v) is 12.9. The molecule has 5 aliphatic rings. The van der Waals surface area contributed by atoms with Gasteiger partial charge in [0.15, 0.2) is 30.9 Å². The Kier molecular flexibility index (Phi) is 9.35. The molecule has 0 amide bonds. The van der Waals surface area contributed by atoms with Crippen LogP contribution in [0.3, 0.4) is 0 Å². The summed E-state index contributed by atoms with van der Waals surface area (Å²) in [5.74, 6) is -4.31. The monoisotopic (exact) mass is 580 g/mol. The van der Waals surface area contributed by atoms with E-state index < -0.39 is 91.3 Å². The van der Waals surface area contributed by atoms with Gasteiger partial charge in [0.25, 0.3) is 11.9 Å². The summed E-state index contributed by atoms with van der Waals surface area (Å²) in [4.78, 5) is 34.2.